The molecule has 0 saturated carbocycles. The van der Waals surface area contributed by atoms with Crippen LogP contribution in [0, 0.1) is 0 Å². The number of hydrogen-bond donors (Lipinski definition) is 0. The molecular weight excluding hydrogens is 280 g/mol. The largest absolute Gasteiger partial charge is 0.423 e. The molecular formula is C18H12O4. The molecule has 2 aromatic carbocycles. The van der Waals surface area contributed by atoms with Gasteiger partial charge in [-0.1, -0.05) is 36.9 Å². The standard InChI is InChI=1S/C18H12O4/c1-2-17(19)21-13-8-9-16-14(11-13)15(18(20)22-16)10-12-6-4-3-5-7-12/h2-11H,1H2/b15-10-. The van der Waals surface area contributed by atoms with Crippen LogP contribution in [0.2, 0.25) is 0 Å². The Hall–Kier alpha value is -3.14. The van der Waals surface area contributed by atoms with Crippen LogP contribution in [-0.2, 0) is 9.59 Å². The minimum atomic E-state index is -0.557. The van der Waals surface area contributed by atoms with E-state index < -0.39 is 11.9 Å². The van der Waals surface area contributed by atoms with E-state index in [2.05, 4.69) is 6.58 Å². The van der Waals surface area contributed by atoms with Crippen molar-refractivity contribution in [2.45, 2.75) is 0 Å². The molecule has 0 spiro atoms. The van der Waals surface area contributed by atoms with Crippen molar-refractivity contribution in [3.05, 3.63) is 72.3 Å². The van der Waals surface area contributed by atoms with Gasteiger partial charge in [0, 0.05) is 11.6 Å². The zero-order valence-corrected chi connectivity index (χ0v) is 11.6. The number of carbonyl (C=O) groups excluding carboxylic acids is 2. The molecule has 3 rings (SSSR count). The molecule has 0 atom stereocenters. The molecule has 0 bridgehead atoms. The first-order valence-electron chi connectivity index (χ1n) is 6.65. The van der Waals surface area contributed by atoms with Crippen LogP contribution < -0.4 is 9.47 Å². The summed E-state index contributed by atoms with van der Waals surface area (Å²) in [5.41, 5.74) is 1.91. The van der Waals surface area contributed by atoms with E-state index in [4.69, 9.17) is 9.47 Å². The molecule has 0 N–H and O–H groups in total. The van der Waals surface area contributed by atoms with Gasteiger partial charge in [-0.15, -0.1) is 0 Å². The van der Waals surface area contributed by atoms with Gasteiger partial charge >= 0.3 is 11.9 Å². The maximum absolute atomic E-state index is 12.0. The van der Waals surface area contributed by atoms with Crippen LogP contribution in [0.3, 0.4) is 0 Å². The number of benzene rings is 2. The summed E-state index contributed by atoms with van der Waals surface area (Å²) >= 11 is 0. The summed E-state index contributed by atoms with van der Waals surface area (Å²) in [6.45, 7) is 3.35. The number of fused-ring (bicyclic) bond motifs is 1. The van der Waals surface area contributed by atoms with Crippen molar-refractivity contribution in [1.82, 2.24) is 0 Å². The minimum absolute atomic E-state index is 0.334. The van der Waals surface area contributed by atoms with Crippen LogP contribution in [0.25, 0.3) is 11.6 Å². The summed E-state index contributed by atoms with van der Waals surface area (Å²) in [4.78, 5) is 23.3. The highest BCUT2D eigenvalue weighted by Gasteiger charge is 2.27. The highest BCUT2D eigenvalue weighted by atomic mass is 16.5. The Bertz CT molecular complexity index is 788. The van der Waals surface area contributed by atoms with Gasteiger partial charge in [0.15, 0.2) is 0 Å². The molecule has 0 unspecified atom stereocenters. The number of carbonyl (C=O) groups is 2. The molecule has 0 radical (unpaired) electrons. The van der Waals surface area contributed by atoms with Gasteiger partial charge in [-0.3, -0.25) is 0 Å². The molecule has 0 saturated heterocycles. The smallest absolute Gasteiger partial charge is 0.344 e. The Kier molecular flexibility index (Phi) is 3.58. The Morgan fingerprint density at radius 1 is 1.14 bits per heavy atom. The minimum Gasteiger partial charge on any atom is -0.423 e. The van der Waals surface area contributed by atoms with Gasteiger partial charge in [0.05, 0.1) is 5.57 Å². The van der Waals surface area contributed by atoms with Crippen LogP contribution in [0.4, 0.5) is 0 Å². The van der Waals surface area contributed by atoms with E-state index in [1.807, 2.05) is 30.3 Å². The van der Waals surface area contributed by atoms with E-state index in [0.717, 1.165) is 11.6 Å². The summed E-state index contributed by atoms with van der Waals surface area (Å²) < 4.78 is 10.3. The quantitative estimate of drug-likeness (QED) is 0.495. The molecule has 108 valence electrons. The van der Waals surface area contributed by atoms with Crippen molar-refractivity contribution < 1.29 is 19.1 Å². The average molecular weight is 292 g/mol. The van der Waals surface area contributed by atoms with Crippen molar-refractivity contribution in [2.24, 2.45) is 0 Å². The normalized spacial score (nSPS) is 14.4. The lowest BCUT2D eigenvalue weighted by Crippen LogP contribution is -2.02. The van der Waals surface area contributed by atoms with E-state index in [1.54, 1.807) is 24.3 Å². The third-order valence-corrected chi connectivity index (χ3v) is 3.16. The summed E-state index contributed by atoms with van der Waals surface area (Å²) in [6.07, 6.45) is 2.82. The number of ether oxygens (including phenoxy) is 2. The fourth-order valence-electron chi connectivity index (χ4n) is 2.15. The molecule has 4 heteroatoms. The molecule has 0 fully saturated rings. The van der Waals surface area contributed by atoms with Gasteiger partial charge in [-0.2, -0.15) is 0 Å². The fourth-order valence-corrected chi connectivity index (χ4v) is 2.15. The molecule has 2 aromatic rings. The predicted octanol–water partition coefficient (Wildman–Crippen LogP) is 3.24. The Morgan fingerprint density at radius 2 is 1.91 bits per heavy atom. The van der Waals surface area contributed by atoms with Gasteiger partial charge < -0.3 is 9.47 Å². The maximum atomic E-state index is 12.0. The fraction of sp³-hybridized carbons (Fsp3) is 0. The predicted molar refractivity (Wildman–Crippen MR) is 82.2 cm³/mol. The van der Waals surface area contributed by atoms with E-state index in [1.165, 1.54) is 0 Å². The molecule has 22 heavy (non-hydrogen) atoms. The van der Waals surface area contributed by atoms with Crippen LogP contribution in [0.1, 0.15) is 11.1 Å². The number of esters is 2. The molecule has 0 aliphatic carbocycles. The SMILES string of the molecule is C=CC(=O)Oc1ccc2c(c1)/C(=C/c1ccccc1)C(=O)O2. The van der Waals surface area contributed by atoms with Crippen LogP contribution in [0.5, 0.6) is 11.5 Å². The highest BCUT2D eigenvalue weighted by molar-refractivity contribution is 6.26. The van der Waals surface area contributed by atoms with Gasteiger partial charge in [-0.25, -0.2) is 9.59 Å². The van der Waals surface area contributed by atoms with Gasteiger partial charge in [0.25, 0.3) is 0 Å². The van der Waals surface area contributed by atoms with E-state index >= 15 is 0 Å². The molecule has 0 amide bonds. The van der Waals surface area contributed by atoms with E-state index in [9.17, 15) is 9.59 Å². The summed E-state index contributed by atoms with van der Waals surface area (Å²) in [7, 11) is 0. The topological polar surface area (TPSA) is 52.6 Å². The second-order valence-corrected chi connectivity index (χ2v) is 4.64. The Morgan fingerprint density at radius 3 is 2.64 bits per heavy atom. The zero-order chi connectivity index (χ0) is 15.5. The lowest BCUT2D eigenvalue weighted by atomic mass is 10.0. The summed E-state index contributed by atoms with van der Waals surface area (Å²) in [5, 5.41) is 0. The van der Waals surface area contributed by atoms with Crippen LogP contribution in [0.15, 0.2) is 61.2 Å². The lowest BCUT2D eigenvalue weighted by Gasteiger charge is -2.03. The third-order valence-electron chi connectivity index (χ3n) is 3.16. The van der Waals surface area contributed by atoms with Gasteiger partial charge in [0.1, 0.15) is 11.5 Å². The first kappa shape index (κ1) is 13.8. The molecule has 0 aromatic heterocycles. The first-order chi connectivity index (χ1) is 10.7. The van der Waals surface area contributed by atoms with E-state index in [-0.39, 0.29) is 0 Å². The average Bonchev–Trinajstić information content (AvgIpc) is 2.84. The van der Waals surface area contributed by atoms with Crippen molar-refractivity contribution in [3.63, 3.8) is 0 Å². The molecule has 1 aliphatic rings. The molecule has 1 heterocycles. The molecule has 1 aliphatic heterocycles. The third kappa shape index (κ3) is 2.67. The van der Waals surface area contributed by atoms with Crippen molar-refractivity contribution in [3.8, 4) is 11.5 Å². The number of rotatable bonds is 3. The summed E-state index contributed by atoms with van der Waals surface area (Å²) in [6, 6.07) is 14.2. The lowest BCUT2D eigenvalue weighted by molar-refractivity contribution is -0.129. The first-order valence-corrected chi connectivity index (χ1v) is 6.65. The summed E-state index contributed by atoms with van der Waals surface area (Å²) in [5.74, 6) is -0.198. The van der Waals surface area contributed by atoms with Crippen LogP contribution in [-0.4, -0.2) is 11.9 Å². The zero-order valence-electron chi connectivity index (χ0n) is 11.6. The highest BCUT2D eigenvalue weighted by Crippen LogP contribution is 2.37. The van der Waals surface area contributed by atoms with Gasteiger partial charge in [-0.05, 0) is 29.8 Å². The van der Waals surface area contributed by atoms with E-state index in [0.29, 0.717) is 22.6 Å². The maximum Gasteiger partial charge on any atom is 0.344 e. The monoisotopic (exact) mass is 292 g/mol. The van der Waals surface area contributed by atoms with Crippen molar-refractivity contribution >= 4 is 23.6 Å². The number of hydrogen-bond acceptors (Lipinski definition) is 4. The Labute approximate surface area is 127 Å². The van der Waals surface area contributed by atoms with Crippen molar-refractivity contribution in [2.75, 3.05) is 0 Å². The second-order valence-electron chi connectivity index (χ2n) is 4.64. The van der Waals surface area contributed by atoms with Crippen molar-refractivity contribution in [1.29, 1.82) is 0 Å². The van der Waals surface area contributed by atoms with Crippen LogP contribution >= 0.6 is 0 Å². The Balaban J connectivity index is 2.01. The molecule has 4 nitrogen and oxygen atoms in total. The second kappa shape index (κ2) is 5.69. The van der Waals surface area contributed by atoms with Gasteiger partial charge in [0.2, 0.25) is 0 Å².